The van der Waals surface area contributed by atoms with Crippen molar-refractivity contribution >= 4 is 41.3 Å². The number of hydrogen-bond donors (Lipinski definition) is 2. The summed E-state index contributed by atoms with van der Waals surface area (Å²) in [5, 5.41) is 7.55. The molecule has 9 heteroatoms. The highest BCUT2D eigenvalue weighted by Crippen LogP contribution is 2.14. The lowest BCUT2D eigenvalue weighted by molar-refractivity contribution is 0.0818. The quantitative estimate of drug-likeness (QED) is 0.306. The van der Waals surface area contributed by atoms with Gasteiger partial charge in [-0.3, -0.25) is 4.99 Å². The SMILES string of the molecule is CCc1cnc(CCNC(=NC)NCc2cccc(OCC(F)F)c2)s1.I. The summed E-state index contributed by atoms with van der Waals surface area (Å²) in [4.78, 5) is 9.87. The number of nitrogens with zero attached hydrogens (tertiary/aromatic N) is 2. The Morgan fingerprint density at radius 1 is 1.33 bits per heavy atom. The number of ether oxygens (including phenoxy) is 1. The predicted octanol–water partition coefficient (Wildman–Crippen LogP) is 3.88. The molecule has 1 aromatic carbocycles. The maximum absolute atomic E-state index is 12.2. The van der Waals surface area contributed by atoms with E-state index in [-0.39, 0.29) is 24.0 Å². The second kappa shape index (κ2) is 12.8. The standard InChI is InChI=1S/C18H24F2N4OS.HI/c1-3-15-11-23-17(26-15)7-8-22-18(21-2)24-10-13-5-4-6-14(9-13)25-12-16(19)20;/h4-6,9,11,16H,3,7-8,10,12H2,1-2H3,(H2,21,22,24);1H. The Bertz CT molecular complexity index is 712. The van der Waals surface area contributed by atoms with E-state index >= 15 is 0 Å². The highest BCUT2D eigenvalue weighted by atomic mass is 127. The molecule has 2 N–H and O–H groups in total. The van der Waals surface area contributed by atoms with Crippen LogP contribution in [0.2, 0.25) is 0 Å². The van der Waals surface area contributed by atoms with Crippen molar-refractivity contribution in [2.45, 2.75) is 32.7 Å². The van der Waals surface area contributed by atoms with Crippen molar-refractivity contribution in [1.82, 2.24) is 15.6 Å². The molecule has 0 bridgehead atoms. The monoisotopic (exact) mass is 510 g/mol. The summed E-state index contributed by atoms with van der Waals surface area (Å²) in [6.07, 6.45) is 1.29. The van der Waals surface area contributed by atoms with Crippen LogP contribution in [0.4, 0.5) is 8.78 Å². The third kappa shape index (κ3) is 8.83. The molecule has 0 aliphatic carbocycles. The minimum absolute atomic E-state index is 0. The van der Waals surface area contributed by atoms with Gasteiger partial charge in [-0.1, -0.05) is 19.1 Å². The third-order valence-electron chi connectivity index (χ3n) is 3.54. The average Bonchev–Trinajstić information content (AvgIpc) is 3.11. The normalized spacial score (nSPS) is 11.2. The van der Waals surface area contributed by atoms with Gasteiger partial charge in [0.1, 0.15) is 12.4 Å². The van der Waals surface area contributed by atoms with Gasteiger partial charge in [0.15, 0.2) is 5.96 Å². The summed E-state index contributed by atoms with van der Waals surface area (Å²) in [7, 11) is 1.70. The summed E-state index contributed by atoms with van der Waals surface area (Å²) in [6, 6.07) is 7.08. The van der Waals surface area contributed by atoms with E-state index in [2.05, 4.69) is 27.5 Å². The molecule has 0 amide bonds. The number of alkyl halides is 2. The fourth-order valence-corrected chi connectivity index (χ4v) is 3.09. The Morgan fingerprint density at radius 3 is 2.81 bits per heavy atom. The number of thiazole rings is 1. The number of nitrogens with one attached hydrogen (secondary N) is 2. The minimum atomic E-state index is -2.48. The Labute approximate surface area is 179 Å². The Kier molecular flexibility index (Phi) is 11.2. The van der Waals surface area contributed by atoms with Crippen LogP contribution in [0, 0.1) is 0 Å². The number of rotatable bonds is 9. The molecule has 0 aliphatic rings. The molecule has 27 heavy (non-hydrogen) atoms. The predicted molar refractivity (Wildman–Crippen MR) is 117 cm³/mol. The van der Waals surface area contributed by atoms with Crippen molar-refractivity contribution in [2.75, 3.05) is 20.2 Å². The summed E-state index contributed by atoms with van der Waals surface area (Å²) < 4.78 is 29.5. The van der Waals surface area contributed by atoms with Crippen molar-refractivity contribution in [3.63, 3.8) is 0 Å². The van der Waals surface area contributed by atoms with Crippen LogP contribution in [0.3, 0.4) is 0 Å². The minimum Gasteiger partial charge on any atom is -0.488 e. The summed E-state index contributed by atoms with van der Waals surface area (Å²) in [5.74, 6) is 1.11. The highest BCUT2D eigenvalue weighted by Gasteiger charge is 2.05. The Balaban J connectivity index is 0.00000364. The number of aromatic nitrogens is 1. The van der Waals surface area contributed by atoms with Gasteiger partial charge in [0, 0.05) is 37.6 Å². The number of aliphatic imine (C=N–C) groups is 1. The van der Waals surface area contributed by atoms with Gasteiger partial charge in [-0.05, 0) is 24.1 Å². The largest absolute Gasteiger partial charge is 0.488 e. The molecule has 0 atom stereocenters. The van der Waals surface area contributed by atoms with Crippen LogP contribution in [-0.4, -0.2) is 37.6 Å². The first-order valence-corrected chi connectivity index (χ1v) is 9.30. The van der Waals surface area contributed by atoms with Gasteiger partial charge in [0.25, 0.3) is 6.43 Å². The van der Waals surface area contributed by atoms with Gasteiger partial charge in [-0.2, -0.15) is 0 Å². The average molecular weight is 510 g/mol. The van der Waals surface area contributed by atoms with Crippen molar-refractivity contribution in [1.29, 1.82) is 0 Å². The Hall–Kier alpha value is -1.49. The van der Waals surface area contributed by atoms with Crippen LogP contribution < -0.4 is 15.4 Å². The molecule has 2 aromatic rings. The summed E-state index contributed by atoms with van der Waals surface area (Å²) >= 11 is 1.73. The van der Waals surface area contributed by atoms with Gasteiger partial charge in [-0.25, -0.2) is 13.8 Å². The fourth-order valence-electron chi connectivity index (χ4n) is 2.23. The zero-order valence-corrected chi connectivity index (χ0v) is 18.5. The number of guanidine groups is 1. The van der Waals surface area contributed by atoms with Gasteiger partial charge in [-0.15, -0.1) is 35.3 Å². The van der Waals surface area contributed by atoms with E-state index in [0.29, 0.717) is 18.3 Å². The van der Waals surface area contributed by atoms with E-state index in [0.717, 1.165) is 30.0 Å². The summed E-state index contributed by atoms with van der Waals surface area (Å²) in [6.45, 7) is 2.77. The van der Waals surface area contributed by atoms with Gasteiger partial charge in [0.05, 0.1) is 5.01 Å². The molecular weight excluding hydrogens is 485 g/mol. The molecule has 0 spiro atoms. The van der Waals surface area contributed by atoms with Gasteiger partial charge < -0.3 is 15.4 Å². The van der Waals surface area contributed by atoms with Crippen molar-refractivity contribution in [3.05, 3.63) is 45.9 Å². The number of halogens is 3. The van der Waals surface area contributed by atoms with Crippen LogP contribution in [0.25, 0.3) is 0 Å². The van der Waals surface area contributed by atoms with Crippen molar-refractivity contribution < 1.29 is 13.5 Å². The molecule has 0 radical (unpaired) electrons. The van der Waals surface area contributed by atoms with Crippen LogP contribution >= 0.6 is 35.3 Å². The van der Waals surface area contributed by atoms with E-state index in [1.807, 2.05) is 12.3 Å². The Morgan fingerprint density at radius 2 is 2.15 bits per heavy atom. The number of hydrogen-bond acceptors (Lipinski definition) is 4. The molecule has 0 unspecified atom stereocenters. The third-order valence-corrected chi connectivity index (χ3v) is 4.74. The molecule has 0 aliphatic heterocycles. The van der Waals surface area contributed by atoms with Crippen molar-refractivity contribution in [2.24, 2.45) is 4.99 Å². The molecular formula is C18H25F2IN4OS. The van der Waals surface area contributed by atoms with Crippen LogP contribution in [-0.2, 0) is 19.4 Å². The highest BCUT2D eigenvalue weighted by molar-refractivity contribution is 14.0. The van der Waals surface area contributed by atoms with Crippen LogP contribution in [0.15, 0.2) is 35.5 Å². The molecule has 150 valence electrons. The lowest BCUT2D eigenvalue weighted by Gasteiger charge is -2.12. The number of aryl methyl sites for hydroxylation is 1. The lowest BCUT2D eigenvalue weighted by Crippen LogP contribution is -2.37. The smallest absolute Gasteiger partial charge is 0.272 e. The zero-order valence-electron chi connectivity index (χ0n) is 15.4. The van der Waals surface area contributed by atoms with Crippen LogP contribution in [0.1, 0.15) is 22.4 Å². The number of benzene rings is 1. The fraction of sp³-hybridized carbons (Fsp3) is 0.444. The van der Waals surface area contributed by atoms with E-state index in [4.69, 9.17) is 4.74 Å². The molecule has 0 saturated carbocycles. The van der Waals surface area contributed by atoms with Crippen molar-refractivity contribution in [3.8, 4) is 5.75 Å². The maximum Gasteiger partial charge on any atom is 0.272 e. The lowest BCUT2D eigenvalue weighted by atomic mass is 10.2. The van der Waals surface area contributed by atoms with Gasteiger partial charge in [0.2, 0.25) is 0 Å². The second-order valence-corrected chi connectivity index (χ2v) is 6.73. The molecule has 0 saturated heterocycles. The first-order chi connectivity index (χ1) is 12.6. The molecule has 5 nitrogen and oxygen atoms in total. The zero-order chi connectivity index (χ0) is 18.8. The maximum atomic E-state index is 12.2. The summed E-state index contributed by atoms with van der Waals surface area (Å²) in [5.41, 5.74) is 0.923. The molecule has 1 aromatic heterocycles. The van der Waals surface area contributed by atoms with E-state index in [1.54, 1.807) is 36.6 Å². The second-order valence-electron chi connectivity index (χ2n) is 5.53. The van der Waals surface area contributed by atoms with E-state index in [1.165, 1.54) is 4.88 Å². The van der Waals surface area contributed by atoms with Crippen LogP contribution in [0.5, 0.6) is 5.75 Å². The van der Waals surface area contributed by atoms with E-state index in [9.17, 15) is 8.78 Å². The first kappa shape index (κ1) is 23.5. The first-order valence-electron chi connectivity index (χ1n) is 8.48. The van der Waals surface area contributed by atoms with Gasteiger partial charge >= 0.3 is 0 Å². The molecule has 2 rings (SSSR count). The molecule has 1 heterocycles. The molecule has 0 fully saturated rings. The topological polar surface area (TPSA) is 58.5 Å². The van der Waals surface area contributed by atoms with E-state index < -0.39 is 13.0 Å².